The number of aryl methyl sites for hydroxylation is 2. The van der Waals surface area contributed by atoms with E-state index in [1.165, 1.54) is 0 Å². The van der Waals surface area contributed by atoms with Gasteiger partial charge in [-0.3, -0.25) is 0 Å². The highest BCUT2D eigenvalue weighted by Gasteiger charge is 2.24. The Balaban J connectivity index is 2.20. The first-order valence-electron chi connectivity index (χ1n) is 8.67. The summed E-state index contributed by atoms with van der Waals surface area (Å²) in [5.74, 6) is 0.793. The number of anilines is 1. The smallest absolute Gasteiger partial charge is 0.246 e. The molecule has 6 heteroatoms. The number of oxazole rings is 1. The number of rotatable bonds is 6. The average Bonchev–Trinajstić information content (AvgIpc) is 3.01. The van der Waals surface area contributed by atoms with Gasteiger partial charge in [0.25, 0.3) is 0 Å². The number of benzene rings is 1. The van der Waals surface area contributed by atoms with E-state index in [9.17, 15) is 0 Å². The molecule has 4 nitrogen and oxygen atoms in total. The number of nitrogens with zero attached hydrogens (tertiary/aromatic N) is 3. The first-order chi connectivity index (χ1) is 12.0. The van der Waals surface area contributed by atoms with E-state index < -0.39 is 0 Å². The second-order valence-corrected chi connectivity index (χ2v) is 7.11. The Morgan fingerprint density at radius 2 is 1.80 bits per heavy atom. The summed E-state index contributed by atoms with van der Waals surface area (Å²) < 4.78 is 8.00. The third-order valence-corrected chi connectivity index (χ3v) is 4.82. The van der Waals surface area contributed by atoms with Crippen LogP contribution >= 0.6 is 23.2 Å². The fourth-order valence-corrected chi connectivity index (χ4v) is 3.81. The van der Waals surface area contributed by atoms with E-state index in [1.807, 2.05) is 30.5 Å². The van der Waals surface area contributed by atoms with Gasteiger partial charge in [-0.15, -0.1) is 0 Å². The fourth-order valence-electron chi connectivity index (χ4n) is 3.31. The summed E-state index contributed by atoms with van der Waals surface area (Å²) in [4.78, 5) is 2.36. The second kappa shape index (κ2) is 7.30. The lowest BCUT2D eigenvalue weighted by Gasteiger charge is -2.22. The van der Waals surface area contributed by atoms with Crippen LogP contribution in [0.3, 0.4) is 0 Å². The minimum atomic E-state index is 0.590. The molecule has 0 saturated heterocycles. The maximum absolute atomic E-state index is 6.42. The Bertz CT molecular complexity index is 892. The Morgan fingerprint density at radius 3 is 2.40 bits per heavy atom. The van der Waals surface area contributed by atoms with Crippen molar-refractivity contribution in [3.8, 4) is 11.3 Å². The van der Waals surface area contributed by atoms with Crippen molar-refractivity contribution < 1.29 is 4.42 Å². The lowest BCUT2D eigenvalue weighted by Crippen LogP contribution is -2.25. The summed E-state index contributed by atoms with van der Waals surface area (Å²) >= 11 is 12.5. The molecule has 0 aliphatic heterocycles. The van der Waals surface area contributed by atoms with Crippen LogP contribution in [0, 0.1) is 13.8 Å². The van der Waals surface area contributed by atoms with Gasteiger partial charge in [-0.05, 0) is 44.9 Å². The maximum atomic E-state index is 6.42. The summed E-state index contributed by atoms with van der Waals surface area (Å²) in [5.41, 5.74) is 4.56. The Labute approximate surface area is 158 Å². The van der Waals surface area contributed by atoms with E-state index in [-0.39, 0.29) is 0 Å². The van der Waals surface area contributed by atoms with Crippen LogP contribution in [0.15, 0.2) is 22.6 Å². The molecule has 0 amide bonds. The summed E-state index contributed by atoms with van der Waals surface area (Å²) in [5, 5.41) is 5.95. The molecule has 0 atom stereocenters. The van der Waals surface area contributed by atoms with Gasteiger partial charge in [0.05, 0.1) is 10.7 Å². The zero-order chi connectivity index (χ0) is 18.1. The fraction of sp³-hybridized carbons (Fsp3) is 0.421. The highest BCUT2D eigenvalue weighted by Crippen LogP contribution is 2.37. The molecule has 0 bridgehead atoms. The molecule has 1 aromatic carbocycles. The number of aromatic nitrogens is 2. The quantitative estimate of drug-likeness (QED) is 0.515. The van der Waals surface area contributed by atoms with Crippen molar-refractivity contribution in [2.45, 2.75) is 40.5 Å². The van der Waals surface area contributed by atoms with Crippen LogP contribution in [0.2, 0.25) is 10.0 Å². The van der Waals surface area contributed by atoms with E-state index in [2.05, 4.69) is 18.7 Å². The lowest BCUT2D eigenvalue weighted by atomic mass is 10.1. The molecule has 0 aliphatic rings. The normalized spacial score (nSPS) is 11.4. The second-order valence-electron chi connectivity index (χ2n) is 6.27. The highest BCUT2D eigenvalue weighted by molar-refractivity contribution is 6.36. The van der Waals surface area contributed by atoms with Crippen molar-refractivity contribution in [1.29, 1.82) is 0 Å². The van der Waals surface area contributed by atoms with Gasteiger partial charge >= 0.3 is 0 Å². The SMILES string of the molecule is CCCN(CCC)c1c(C)nn2c(-c3ccc(Cl)cc3Cl)c(C)oc12. The lowest BCUT2D eigenvalue weighted by molar-refractivity contribution is 0.570. The van der Waals surface area contributed by atoms with Gasteiger partial charge in [0, 0.05) is 23.7 Å². The van der Waals surface area contributed by atoms with Gasteiger partial charge in [-0.2, -0.15) is 9.61 Å². The molecule has 0 spiro atoms. The van der Waals surface area contributed by atoms with E-state index in [0.29, 0.717) is 10.0 Å². The van der Waals surface area contributed by atoms with Crippen LogP contribution in [0.25, 0.3) is 17.0 Å². The largest absolute Gasteiger partial charge is 0.440 e. The highest BCUT2D eigenvalue weighted by atomic mass is 35.5. The molecule has 0 unspecified atom stereocenters. The number of halogens is 2. The summed E-state index contributed by atoms with van der Waals surface area (Å²) in [7, 11) is 0. The van der Waals surface area contributed by atoms with Crippen molar-refractivity contribution >= 4 is 34.6 Å². The van der Waals surface area contributed by atoms with Crippen LogP contribution in [0.5, 0.6) is 0 Å². The topological polar surface area (TPSA) is 33.7 Å². The van der Waals surface area contributed by atoms with Crippen molar-refractivity contribution in [3.63, 3.8) is 0 Å². The van der Waals surface area contributed by atoms with Crippen molar-refractivity contribution in [2.24, 2.45) is 0 Å². The van der Waals surface area contributed by atoms with E-state index in [1.54, 1.807) is 6.07 Å². The molecule has 2 heterocycles. The van der Waals surface area contributed by atoms with E-state index in [4.69, 9.17) is 32.7 Å². The number of hydrogen-bond acceptors (Lipinski definition) is 3. The summed E-state index contributed by atoms with van der Waals surface area (Å²) in [6.45, 7) is 10.3. The Morgan fingerprint density at radius 1 is 1.12 bits per heavy atom. The molecule has 0 aliphatic carbocycles. The standard InChI is InChI=1S/C19H23Cl2N3O/c1-5-9-23(10-6-2)17-12(3)22-24-18(13(4)25-19(17)24)15-8-7-14(20)11-16(15)21/h7-8,11H,5-6,9-10H2,1-4H3. The van der Waals surface area contributed by atoms with Gasteiger partial charge in [0.2, 0.25) is 5.71 Å². The Kier molecular flexibility index (Phi) is 5.30. The summed E-state index contributed by atoms with van der Waals surface area (Å²) in [6, 6.07) is 5.49. The Hall–Kier alpha value is -1.65. The number of hydrogen-bond donors (Lipinski definition) is 0. The molecular formula is C19H23Cl2N3O. The minimum absolute atomic E-state index is 0.590. The van der Waals surface area contributed by atoms with Crippen LogP contribution in [0.1, 0.15) is 38.1 Å². The van der Waals surface area contributed by atoms with Gasteiger partial charge in [0.1, 0.15) is 17.1 Å². The molecule has 3 aromatic rings. The van der Waals surface area contributed by atoms with Gasteiger partial charge < -0.3 is 9.32 Å². The van der Waals surface area contributed by atoms with Gasteiger partial charge in [-0.25, -0.2) is 0 Å². The third-order valence-electron chi connectivity index (χ3n) is 4.27. The molecule has 3 rings (SSSR count). The van der Waals surface area contributed by atoms with Gasteiger partial charge in [-0.1, -0.05) is 37.0 Å². The molecule has 0 radical (unpaired) electrons. The molecule has 0 fully saturated rings. The predicted octanol–water partition coefficient (Wildman–Crippen LogP) is 6.14. The van der Waals surface area contributed by atoms with Crippen LogP contribution in [-0.2, 0) is 0 Å². The van der Waals surface area contributed by atoms with Crippen molar-refractivity contribution in [1.82, 2.24) is 9.61 Å². The predicted molar refractivity (Wildman–Crippen MR) is 105 cm³/mol. The zero-order valence-corrected chi connectivity index (χ0v) is 16.6. The maximum Gasteiger partial charge on any atom is 0.246 e. The number of fused-ring (bicyclic) bond motifs is 1. The zero-order valence-electron chi connectivity index (χ0n) is 15.1. The summed E-state index contributed by atoms with van der Waals surface area (Å²) in [6.07, 6.45) is 2.15. The average molecular weight is 380 g/mol. The molecule has 25 heavy (non-hydrogen) atoms. The molecule has 134 valence electrons. The van der Waals surface area contributed by atoms with Crippen LogP contribution in [-0.4, -0.2) is 22.7 Å². The molecule has 2 aromatic heterocycles. The molecule has 0 N–H and O–H groups in total. The first kappa shape index (κ1) is 18.2. The molecule has 0 saturated carbocycles. The van der Waals surface area contributed by atoms with E-state index in [0.717, 1.165) is 60.0 Å². The van der Waals surface area contributed by atoms with Crippen molar-refractivity contribution in [3.05, 3.63) is 39.7 Å². The monoisotopic (exact) mass is 379 g/mol. The first-order valence-corrected chi connectivity index (χ1v) is 9.42. The third kappa shape index (κ3) is 3.25. The van der Waals surface area contributed by atoms with Crippen LogP contribution in [0.4, 0.5) is 5.69 Å². The van der Waals surface area contributed by atoms with Gasteiger partial charge in [0.15, 0.2) is 0 Å². The minimum Gasteiger partial charge on any atom is -0.440 e. The van der Waals surface area contributed by atoms with Crippen molar-refractivity contribution in [2.75, 3.05) is 18.0 Å². The van der Waals surface area contributed by atoms with Crippen LogP contribution < -0.4 is 4.90 Å². The van der Waals surface area contributed by atoms with E-state index >= 15 is 0 Å². The molecular weight excluding hydrogens is 357 g/mol.